The second kappa shape index (κ2) is 9.86. The fraction of sp³-hybridized carbons (Fsp3) is 0.125. The molecule has 6 nitrogen and oxygen atoms in total. The lowest BCUT2D eigenvalue weighted by molar-refractivity contribution is -0.116. The van der Waals surface area contributed by atoms with Crippen LogP contribution in [0.2, 0.25) is 0 Å². The van der Waals surface area contributed by atoms with Crippen LogP contribution in [0.4, 0.5) is 0 Å². The van der Waals surface area contributed by atoms with Crippen LogP contribution in [-0.4, -0.2) is 22.5 Å². The van der Waals surface area contributed by atoms with Gasteiger partial charge in [-0.2, -0.15) is 0 Å². The molecular weight excluding hydrogens is 410 g/mol. The second-order valence-electron chi connectivity index (χ2n) is 6.56. The van der Waals surface area contributed by atoms with E-state index in [1.807, 2.05) is 61.5 Å². The molecule has 4 aromatic rings. The number of aromatic nitrogens is 2. The number of benzene rings is 2. The van der Waals surface area contributed by atoms with Gasteiger partial charge in [0.25, 0.3) is 0 Å². The minimum absolute atomic E-state index is 0.190. The smallest absolute Gasteiger partial charge is 0.244 e. The Balaban J connectivity index is 1.31. The number of carbonyl (C=O) groups is 1. The van der Waals surface area contributed by atoms with Crippen LogP contribution in [0.25, 0.3) is 16.3 Å². The first-order valence-corrected chi connectivity index (χ1v) is 10.7. The number of nitrogens with zero attached hydrogens (tertiary/aromatic N) is 2. The van der Waals surface area contributed by atoms with Crippen molar-refractivity contribution in [2.24, 2.45) is 0 Å². The average Bonchev–Trinajstić information content (AvgIpc) is 3.22. The van der Waals surface area contributed by atoms with E-state index in [1.165, 1.54) is 6.08 Å². The molecule has 0 aliphatic heterocycles. The molecule has 0 bridgehead atoms. The Bertz CT molecular complexity index is 1170. The molecule has 0 spiro atoms. The molecule has 156 valence electrons. The standard InChI is InChI=1S/C24H21N3O3S/c1-2-29-19-8-4-5-9-20(19)30-23-13-11-17(16-26-23)15-25-22(28)12-14-24-27-18-7-3-6-10-21(18)31-24/h3-14,16H,2,15H2,1H3,(H,25,28)/b14-12+. The molecule has 4 rings (SSSR count). The first kappa shape index (κ1) is 20.6. The summed E-state index contributed by atoms with van der Waals surface area (Å²) < 4.78 is 12.5. The predicted octanol–water partition coefficient (Wildman–Crippen LogP) is 5.21. The van der Waals surface area contributed by atoms with Crippen molar-refractivity contribution in [1.82, 2.24) is 15.3 Å². The van der Waals surface area contributed by atoms with Crippen molar-refractivity contribution in [2.75, 3.05) is 6.61 Å². The molecule has 0 saturated carbocycles. The lowest BCUT2D eigenvalue weighted by Gasteiger charge is -2.10. The van der Waals surface area contributed by atoms with Crippen LogP contribution in [0.3, 0.4) is 0 Å². The Hall–Kier alpha value is -3.71. The van der Waals surface area contributed by atoms with Gasteiger partial charge in [0, 0.05) is 24.9 Å². The highest BCUT2D eigenvalue weighted by atomic mass is 32.1. The van der Waals surface area contributed by atoms with Crippen LogP contribution in [0.15, 0.2) is 72.9 Å². The Morgan fingerprint density at radius 2 is 1.87 bits per heavy atom. The maximum absolute atomic E-state index is 12.1. The lowest BCUT2D eigenvalue weighted by atomic mass is 10.3. The number of nitrogens with one attached hydrogen (secondary N) is 1. The van der Waals surface area contributed by atoms with Gasteiger partial charge >= 0.3 is 0 Å². The number of para-hydroxylation sites is 3. The molecule has 1 amide bonds. The van der Waals surface area contributed by atoms with Gasteiger partial charge in [-0.1, -0.05) is 30.3 Å². The lowest BCUT2D eigenvalue weighted by Crippen LogP contribution is -2.20. The van der Waals surface area contributed by atoms with Crippen molar-refractivity contribution in [1.29, 1.82) is 0 Å². The average molecular weight is 432 g/mol. The van der Waals surface area contributed by atoms with Gasteiger partial charge in [-0.15, -0.1) is 11.3 Å². The first-order chi connectivity index (χ1) is 15.2. The minimum Gasteiger partial charge on any atom is -0.490 e. The van der Waals surface area contributed by atoms with E-state index in [4.69, 9.17) is 9.47 Å². The summed E-state index contributed by atoms with van der Waals surface area (Å²) in [5.41, 5.74) is 1.80. The number of ether oxygens (including phenoxy) is 2. The summed E-state index contributed by atoms with van der Waals surface area (Å²) >= 11 is 1.55. The number of thiazole rings is 1. The highest BCUT2D eigenvalue weighted by Crippen LogP contribution is 2.30. The molecule has 31 heavy (non-hydrogen) atoms. The van der Waals surface area contributed by atoms with Crippen molar-refractivity contribution in [3.63, 3.8) is 0 Å². The van der Waals surface area contributed by atoms with Gasteiger partial charge < -0.3 is 14.8 Å². The van der Waals surface area contributed by atoms with Gasteiger partial charge in [0.15, 0.2) is 11.5 Å². The highest BCUT2D eigenvalue weighted by molar-refractivity contribution is 7.19. The zero-order valence-corrected chi connectivity index (χ0v) is 17.8. The monoisotopic (exact) mass is 431 g/mol. The van der Waals surface area contributed by atoms with Gasteiger partial charge in [0.1, 0.15) is 5.01 Å². The maximum Gasteiger partial charge on any atom is 0.244 e. The molecule has 0 aliphatic carbocycles. The van der Waals surface area contributed by atoms with Crippen LogP contribution in [-0.2, 0) is 11.3 Å². The summed E-state index contributed by atoms with van der Waals surface area (Å²) in [4.78, 5) is 20.9. The van der Waals surface area contributed by atoms with Gasteiger partial charge in [-0.05, 0) is 42.8 Å². The largest absolute Gasteiger partial charge is 0.490 e. The number of carbonyl (C=O) groups excluding carboxylic acids is 1. The fourth-order valence-electron chi connectivity index (χ4n) is 2.85. The predicted molar refractivity (Wildman–Crippen MR) is 122 cm³/mol. The third kappa shape index (κ3) is 5.46. The quantitative estimate of drug-likeness (QED) is 0.388. The van der Waals surface area contributed by atoms with Gasteiger partial charge in [-0.3, -0.25) is 4.79 Å². The molecule has 2 heterocycles. The van der Waals surface area contributed by atoms with Crippen molar-refractivity contribution >= 4 is 33.5 Å². The second-order valence-corrected chi connectivity index (χ2v) is 7.62. The molecule has 0 aliphatic rings. The number of rotatable bonds is 8. The van der Waals surface area contributed by atoms with Gasteiger partial charge in [-0.25, -0.2) is 9.97 Å². The van der Waals surface area contributed by atoms with Crippen LogP contribution >= 0.6 is 11.3 Å². The molecule has 0 saturated heterocycles. The summed E-state index contributed by atoms with van der Waals surface area (Å²) in [6.07, 6.45) is 4.90. The van der Waals surface area contributed by atoms with Crippen molar-refractivity contribution in [3.05, 3.63) is 83.5 Å². The SMILES string of the molecule is CCOc1ccccc1Oc1ccc(CNC(=O)/C=C/c2nc3ccccc3s2)cn1. The summed E-state index contributed by atoms with van der Waals surface area (Å²) in [5.74, 6) is 1.55. The van der Waals surface area contributed by atoms with Crippen LogP contribution in [0, 0.1) is 0 Å². The van der Waals surface area contributed by atoms with E-state index in [1.54, 1.807) is 29.7 Å². The molecule has 0 atom stereocenters. The number of amides is 1. The molecule has 0 radical (unpaired) electrons. The van der Waals surface area contributed by atoms with Crippen LogP contribution in [0.1, 0.15) is 17.5 Å². The van der Waals surface area contributed by atoms with E-state index < -0.39 is 0 Å². The minimum atomic E-state index is -0.190. The Labute approximate surface area is 184 Å². The van der Waals surface area contributed by atoms with Crippen LogP contribution < -0.4 is 14.8 Å². The number of hydrogen-bond donors (Lipinski definition) is 1. The van der Waals surface area contributed by atoms with E-state index in [0.717, 1.165) is 20.8 Å². The van der Waals surface area contributed by atoms with Gasteiger partial charge in [0.05, 0.1) is 16.8 Å². The summed E-state index contributed by atoms with van der Waals surface area (Å²) in [6.45, 7) is 2.85. The van der Waals surface area contributed by atoms with Crippen molar-refractivity contribution in [2.45, 2.75) is 13.5 Å². The summed E-state index contributed by atoms with van der Waals surface area (Å²) in [7, 11) is 0. The topological polar surface area (TPSA) is 73.3 Å². The molecule has 1 N–H and O–H groups in total. The highest BCUT2D eigenvalue weighted by Gasteiger charge is 2.06. The van der Waals surface area contributed by atoms with Crippen LogP contribution in [0.5, 0.6) is 17.4 Å². The Morgan fingerprint density at radius 3 is 2.65 bits per heavy atom. The van der Waals surface area contributed by atoms with Crippen molar-refractivity contribution in [3.8, 4) is 17.4 Å². The third-order valence-electron chi connectivity index (χ3n) is 4.32. The first-order valence-electron chi connectivity index (χ1n) is 9.87. The maximum atomic E-state index is 12.1. The molecule has 0 fully saturated rings. The summed E-state index contributed by atoms with van der Waals surface area (Å²) in [6, 6.07) is 19.0. The zero-order chi connectivity index (χ0) is 21.5. The van der Waals surface area contributed by atoms with E-state index in [9.17, 15) is 4.79 Å². The normalized spacial score (nSPS) is 11.0. The van der Waals surface area contributed by atoms with E-state index >= 15 is 0 Å². The number of pyridine rings is 1. The van der Waals surface area contributed by atoms with E-state index in [2.05, 4.69) is 15.3 Å². The Morgan fingerprint density at radius 1 is 1.06 bits per heavy atom. The molecule has 2 aromatic carbocycles. The molecule has 2 aromatic heterocycles. The summed E-state index contributed by atoms with van der Waals surface area (Å²) in [5, 5.41) is 3.65. The zero-order valence-electron chi connectivity index (χ0n) is 16.9. The number of fused-ring (bicyclic) bond motifs is 1. The fourth-order valence-corrected chi connectivity index (χ4v) is 3.72. The van der Waals surface area contributed by atoms with Gasteiger partial charge in [0.2, 0.25) is 11.8 Å². The third-order valence-corrected chi connectivity index (χ3v) is 5.32. The number of hydrogen-bond acceptors (Lipinski definition) is 6. The van der Waals surface area contributed by atoms with E-state index in [0.29, 0.717) is 30.5 Å². The van der Waals surface area contributed by atoms with E-state index in [-0.39, 0.29) is 5.91 Å². The molecule has 0 unspecified atom stereocenters. The van der Waals surface area contributed by atoms with Crippen molar-refractivity contribution < 1.29 is 14.3 Å². The Kier molecular flexibility index (Phi) is 6.54. The molecule has 7 heteroatoms. The molecular formula is C24H21N3O3S.